The quantitative estimate of drug-likeness (QED) is 0.616. The maximum Gasteiger partial charge on any atom is 0.233 e. The molecule has 0 unspecified atom stereocenters. The first-order chi connectivity index (χ1) is 9.54. The topological polar surface area (TPSA) is 58.4 Å². The highest BCUT2D eigenvalue weighted by Crippen LogP contribution is 2.36. The number of amides is 1. The number of carbonyl (C=O) groups excluding carboxylic acids is 1. The van der Waals surface area contributed by atoms with Gasteiger partial charge in [-0.2, -0.15) is 0 Å². The van der Waals surface area contributed by atoms with E-state index in [1.807, 2.05) is 0 Å². The van der Waals surface area contributed by atoms with Gasteiger partial charge in [0.05, 0.1) is 10.4 Å². The number of rotatable bonds is 3. The molecule has 1 saturated heterocycles. The van der Waals surface area contributed by atoms with Gasteiger partial charge in [0.25, 0.3) is 0 Å². The summed E-state index contributed by atoms with van der Waals surface area (Å²) in [6, 6.07) is 0.285. The van der Waals surface area contributed by atoms with E-state index in [0.717, 1.165) is 51.6 Å². The Morgan fingerprint density at radius 1 is 1.20 bits per heavy atom. The van der Waals surface area contributed by atoms with Gasteiger partial charge in [0.1, 0.15) is 0 Å². The molecule has 2 fully saturated rings. The van der Waals surface area contributed by atoms with Gasteiger partial charge in [0.15, 0.2) is 0 Å². The van der Waals surface area contributed by atoms with Gasteiger partial charge in [-0.05, 0) is 45.8 Å². The predicted octanol–water partition coefficient (Wildman–Crippen LogP) is 1.82. The van der Waals surface area contributed by atoms with Crippen LogP contribution in [-0.2, 0) is 4.79 Å². The molecule has 1 aliphatic heterocycles. The number of hydrogen-bond donors (Lipinski definition) is 2. The van der Waals surface area contributed by atoms with Crippen molar-refractivity contribution in [3.8, 4) is 0 Å². The average Bonchev–Trinajstić information content (AvgIpc) is 2.68. The molecule has 1 saturated carbocycles. The third kappa shape index (κ3) is 3.50. The van der Waals surface area contributed by atoms with Crippen LogP contribution in [0.2, 0.25) is 0 Å². The Labute approximate surface area is 127 Å². The van der Waals surface area contributed by atoms with Crippen molar-refractivity contribution in [2.45, 2.75) is 57.4 Å². The van der Waals surface area contributed by atoms with Crippen molar-refractivity contribution in [2.24, 2.45) is 11.1 Å². The fourth-order valence-corrected chi connectivity index (χ4v) is 3.69. The van der Waals surface area contributed by atoms with Crippen molar-refractivity contribution in [2.75, 3.05) is 20.1 Å². The number of nitrogens with one attached hydrogen (secondary N) is 1. The summed E-state index contributed by atoms with van der Waals surface area (Å²) >= 11 is 5.26. The summed E-state index contributed by atoms with van der Waals surface area (Å²) in [5.41, 5.74) is 5.37. The monoisotopic (exact) mass is 297 g/mol. The Bertz CT molecular complexity index is 356. The molecule has 5 heteroatoms. The van der Waals surface area contributed by atoms with E-state index < -0.39 is 5.41 Å². The van der Waals surface area contributed by atoms with Crippen LogP contribution >= 0.6 is 12.2 Å². The van der Waals surface area contributed by atoms with Gasteiger partial charge in [-0.1, -0.05) is 37.9 Å². The molecule has 0 aromatic rings. The molecule has 0 bridgehead atoms. The van der Waals surface area contributed by atoms with Gasteiger partial charge in [0, 0.05) is 6.04 Å². The van der Waals surface area contributed by atoms with E-state index in [9.17, 15) is 4.79 Å². The maximum atomic E-state index is 12.8. The second-order valence-electron chi connectivity index (χ2n) is 6.41. The van der Waals surface area contributed by atoms with Crippen LogP contribution in [0.5, 0.6) is 0 Å². The summed E-state index contributed by atoms with van der Waals surface area (Å²) < 4.78 is 0. The minimum Gasteiger partial charge on any atom is -0.392 e. The lowest BCUT2D eigenvalue weighted by molar-refractivity contribution is -0.129. The first kappa shape index (κ1) is 15.7. The van der Waals surface area contributed by atoms with E-state index in [1.165, 1.54) is 12.8 Å². The van der Waals surface area contributed by atoms with Crippen molar-refractivity contribution in [1.82, 2.24) is 10.2 Å². The summed E-state index contributed by atoms with van der Waals surface area (Å²) in [6.07, 6.45) is 8.17. The van der Waals surface area contributed by atoms with Crippen LogP contribution in [0.1, 0.15) is 51.4 Å². The summed E-state index contributed by atoms with van der Waals surface area (Å²) in [6.45, 7) is 2.09. The van der Waals surface area contributed by atoms with Gasteiger partial charge in [-0.25, -0.2) is 0 Å². The van der Waals surface area contributed by atoms with Gasteiger partial charge in [-0.15, -0.1) is 0 Å². The Hall–Kier alpha value is -0.680. The van der Waals surface area contributed by atoms with Crippen LogP contribution in [-0.4, -0.2) is 42.0 Å². The van der Waals surface area contributed by atoms with Crippen LogP contribution in [0.25, 0.3) is 0 Å². The molecule has 1 aliphatic carbocycles. The molecule has 1 amide bonds. The molecule has 0 radical (unpaired) electrons. The SMILES string of the molecule is CN1CCC(NC(=O)C2(C(N)=S)CCCCCC2)CC1. The Morgan fingerprint density at radius 3 is 2.25 bits per heavy atom. The predicted molar refractivity (Wildman–Crippen MR) is 85.6 cm³/mol. The van der Waals surface area contributed by atoms with Crippen LogP contribution in [0.4, 0.5) is 0 Å². The van der Waals surface area contributed by atoms with Crippen molar-refractivity contribution >= 4 is 23.1 Å². The minimum absolute atomic E-state index is 0.0847. The fourth-order valence-electron chi connectivity index (χ4n) is 3.39. The highest BCUT2D eigenvalue weighted by atomic mass is 32.1. The van der Waals surface area contributed by atoms with Crippen LogP contribution in [0.3, 0.4) is 0 Å². The molecular weight excluding hydrogens is 270 g/mol. The lowest BCUT2D eigenvalue weighted by atomic mass is 9.79. The molecule has 0 atom stereocenters. The number of likely N-dealkylation sites (tertiary alicyclic amines) is 1. The first-order valence-corrected chi connectivity index (χ1v) is 8.25. The minimum atomic E-state index is -0.588. The number of carbonyl (C=O) groups is 1. The Kier molecular flexibility index (Phi) is 5.38. The van der Waals surface area contributed by atoms with E-state index in [-0.39, 0.29) is 11.9 Å². The number of nitrogens with two attached hydrogens (primary N) is 1. The number of nitrogens with zero attached hydrogens (tertiary/aromatic N) is 1. The Balaban J connectivity index is 2.01. The number of piperidine rings is 1. The summed E-state index contributed by atoms with van der Waals surface area (Å²) in [5.74, 6) is 0.0847. The highest BCUT2D eigenvalue weighted by Gasteiger charge is 2.42. The largest absolute Gasteiger partial charge is 0.392 e. The van der Waals surface area contributed by atoms with Crippen molar-refractivity contribution in [3.63, 3.8) is 0 Å². The third-order valence-corrected chi connectivity index (χ3v) is 5.31. The van der Waals surface area contributed by atoms with Crippen molar-refractivity contribution in [1.29, 1.82) is 0 Å². The van der Waals surface area contributed by atoms with E-state index in [1.54, 1.807) is 0 Å². The normalized spacial score (nSPS) is 24.9. The summed E-state index contributed by atoms with van der Waals surface area (Å²) in [5, 5.41) is 3.23. The van der Waals surface area contributed by atoms with Gasteiger partial charge in [0.2, 0.25) is 5.91 Å². The Morgan fingerprint density at radius 2 is 1.75 bits per heavy atom. The van der Waals surface area contributed by atoms with Crippen molar-refractivity contribution in [3.05, 3.63) is 0 Å². The van der Waals surface area contributed by atoms with E-state index >= 15 is 0 Å². The van der Waals surface area contributed by atoms with E-state index in [0.29, 0.717) is 4.99 Å². The summed E-state index contributed by atoms with van der Waals surface area (Å²) in [4.78, 5) is 15.5. The van der Waals surface area contributed by atoms with Gasteiger partial charge in [-0.3, -0.25) is 4.79 Å². The zero-order chi connectivity index (χ0) is 14.6. The highest BCUT2D eigenvalue weighted by molar-refractivity contribution is 7.80. The molecule has 0 aromatic heterocycles. The van der Waals surface area contributed by atoms with Crippen LogP contribution in [0.15, 0.2) is 0 Å². The lowest BCUT2D eigenvalue weighted by Gasteiger charge is -2.35. The lowest BCUT2D eigenvalue weighted by Crippen LogP contribution is -2.53. The second kappa shape index (κ2) is 6.85. The number of thiocarbonyl (C=S) groups is 1. The van der Waals surface area contributed by atoms with Gasteiger partial charge < -0.3 is 16.0 Å². The molecule has 1 heterocycles. The van der Waals surface area contributed by atoms with Crippen LogP contribution in [0, 0.1) is 5.41 Å². The fraction of sp³-hybridized carbons (Fsp3) is 0.867. The zero-order valence-electron chi connectivity index (χ0n) is 12.5. The molecule has 2 aliphatic rings. The van der Waals surface area contributed by atoms with Gasteiger partial charge >= 0.3 is 0 Å². The second-order valence-corrected chi connectivity index (χ2v) is 6.85. The number of hydrogen-bond acceptors (Lipinski definition) is 3. The molecule has 0 spiro atoms. The van der Waals surface area contributed by atoms with Crippen molar-refractivity contribution < 1.29 is 4.79 Å². The zero-order valence-corrected chi connectivity index (χ0v) is 13.3. The smallest absolute Gasteiger partial charge is 0.233 e. The standard InChI is InChI=1S/C15H27N3OS/c1-18-10-6-12(7-11-18)17-14(19)15(13(16)20)8-4-2-3-5-9-15/h12H,2-11H2,1H3,(H2,16,20)(H,17,19). The third-order valence-electron chi connectivity index (χ3n) is 4.92. The average molecular weight is 297 g/mol. The molecule has 0 aromatic carbocycles. The first-order valence-electron chi connectivity index (χ1n) is 7.84. The maximum absolute atomic E-state index is 12.8. The molecule has 2 rings (SSSR count). The molecule has 20 heavy (non-hydrogen) atoms. The molecule has 114 valence electrons. The van der Waals surface area contributed by atoms with E-state index in [2.05, 4.69) is 17.3 Å². The van der Waals surface area contributed by atoms with Crippen LogP contribution < -0.4 is 11.1 Å². The molecular formula is C15H27N3OS. The molecule has 4 nitrogen and oxygen atoms in total. The molecule has 3 N–H and O–H groups in total. The summed E-state index contributed by atoms with van der Waals surface area (Å²) in [7, 11) is 2.12. The van der Waals surface area contributed by atoms with E-state index in [4.69, 9.17) is 18.0 Å².